The number of Topliss-reactive ketones (excluding diaryl/α,β-unsaturated/α-hetero) is 1. The Bertz CT molecular complexity index is 163. The number of carbonyl (C=O) groups is 3. The Balaban J connectivity index is 0. The van der Waals surface area contributed by atoms with Gasteiger partial charge < -0.3 is 4.74 Å². The molecule has 0 fully saturated rings. The molecule has 0 spiro atoms. The van der Waals surface area contributed by atoms with Gasteiger partial charge in [0.05, 0.1) is 0 Å². The zero-order valence-corrected chi connectivity index (χ0v) is 7.51. The third-order valence-electron chi connectivity index (χ3n) is 0.524. The van der Waals surface area contributed by atoms with Gasteiger partial charge >= 0.3 is 11.9 Å². The molecule has 0 unspecified atom stereocenters. The van der Waals surface area contributed by atoms with E-state index in [1.807, 2.05) is 0 Å². The van der Waals surface area contributed by atoms with Gasteiger partial charge in [0.2, 0.25) is 5.78 Å². The van der Waals surface area contributed by atoms with Crippen LogP contribution < -0.4 is 0 Å². The summed E-state index contributed by atoms with van der Waals surface area (Å²) < 4.78 is 3.88. The zero-order chi connectivity index (χ0) is 7.44. The second-order valence-electron chi connectivity index (χ2n) is 1.44. The first-order valence-corrected chi connectivity index (χ1v) is 2.27. The van der Waals surface area contributed by atoms with Crippen molar-refractivity contribution in [3.63, 3.8) is 0 Å². The number of ether oxygens (including phenoxy) is 1. The summed E-state index contributed by atoms with van der Waals surface area (Å²) in [5.74, 6) is -2.65. The number of ketones is 1. The minimum absolute atomic E-state index is 0. The maximum Gasteiger partial charge on any atom is 0.381 e. The molecule has 53 valence electrons. The number of hydrogen-bond donors (Lipinski definition) is 0. The van der Waals surface area contributed by atoms with Gasteiger partial charge in [0.25, 0.3) is 0 Å². The number of hydrogen-bond acceptors (Lipinski definition) is 4. The summed E-state index contributed by atoms with van der Waals surface area (Å²) in [6.45, 7) is 2.09. The van der Waals surface area contributed by atoms with E-state index in [4.69, 9.17) is 0 Å². The van der Waals surface area contributed by atoms with Crippen molar-refractivity contribution in [3.05, 3.63) is 0 Å². The van der Waals surface area contributed by atoms with Gasteiger partial charge in [0.15, 0.2) is 0 Å². The standard InChI is InChI=1S/C5H6O4.Sc/c1-3(6)5(8)9-4(2)7;/h1-2H3;. The second-order valence-corrected chi connectivity index (χ2v) is 1.44. The zero-order valence-electron chi connectivity index (χ0n) is 5.71. The molecule has 0 saturated carbocycles. The Morgan fingerprint density at radius 1 is 1.10 bits per heavy atom. The minimum Gasteiger partial charge on any atom is -0.387 e. The summed E-state index contributed by atoms with van der Waals surface area (Å²) in [4.78, 5) is 30.2. The molecule has 0 saturated heterocycles. The Morgan fingerprint density at radius 2 is 1.50 bits per heavy atom. The molecule has 1 radical (unpaired) electrons. The van der Waals surface area contributed by atoms with Crippen LogP contribution in [0.4, 0.5) is 0 Å². The van der Waals surface area contributed by atoms with Gasteiger partial charge in [-0.15, -0.1) is 0 Å². The van der Waals surface area contributed by atoms with Crippen LogP contribution in [0, 0.1) is 0 Å². The van der Waals surface area contributed by atoms with Crippen molar-refractivity contribution in [2.45, 2.75) is 13.8 Å². The normalized spacial score (nSPS) is 7.40. The average Bonchev–Trinajstić information content (AvgIpc) is 1.63. The van der Waals surface area contributed by atoms with E-state index in [0.29, 0.717) is 0 Å². The first-order chi connectivity index (χ1) is 4.04. The third kappa shape index (κ3) is 5.81. The molecule has 10 heavy (non-hydrogen) atoms. The maximum absolute atomic E-state index is 10.2. The van der Waals surface area contributed by atoms with Crippen LogP contribution >= 0.6 is 0 Å². The Hall–Kier alpha value is -0.320. The van der Waals surface area contributed by atoms with Gasteiger partial charge in [-0.05, 0) is 0 Å². The van der Waals surface area contributed by atoms with E-state index < -0.39 is 17.7 Å². The fourth-order valence-electron chi connectivity index (χ4n) is 0.202. The fourth-order valence-corrected chi connectivity index (χ4v) is 0.202. The molecule has 0 heterocycles. The smallest absolute Gasteiger partial charge is 0.381 e. The van der Waals surface area contributed by atoms with Crippen LogP contribution in [0.25, 0.3) is 0 Å². The van der Waals surface area contributed by atoms with Gasteiger partial charge in [0, 0.05) is 39.7 Å². The van der Waals surface area contributed by atoms with Crippen molar-refractivity contribution in [1.82, 2.24) is 0 Å². The van der Waals surface area contributed by atoms with Crippen molar-refractivity contribution >= 4 is 17.7 Å². The molecule has 5 heteroatoms. The third-order valence-corrected chi connectivity index (χ3v) is 0.524. The second kappa shape index (κ2) is 5.46. The van der Waals surface area contributed by atoms with E-state index in [2.05, 4.69) is 4.74 Å². The SMILES string of the molecule is CC(=O)OC(=O)C(C)=O.[Sc]. The quantitative estimate of drug-likeness (QED) is 0.311. The summed E-state index contributed by atoms with van der Waals surface area (Å²) in [5, 5.41) is 0. The monoisotopic (exact) mass is 175 g/mol. The predicted octanol–water partition coefficient (Wildman–Crippen LogP) is -0.337. The summed E-state index contributed by atoms with van der Waals surface area (Å²) in [7, 11) is 0. The van der Waals surface area contributed by atoms with E-state index >= 15 is 0 Å². The van der Waals surface area contributed by atoms with Crippen LogP contribution in [0.15, 0.2) is 0 Å². The molecular formula is C5H6O4Sc. The molecule has 4 nitrogen and oxygen atoms in total. The summed E-state index contributed by atoms with van der Waals surface area (Å²) in [5.41, 5.74) is 0. The molecule has 0 amide bonds. The minimum atomic E-state index is -1.11. The maximum atomic E-state index is 10.2. The van der Waals surface area contributed by atoms with Gasteiger partial charge in [-0.25, -0.2) is 4.79 Å². The van der Waals surface area contributed by atoms with E-state index in [1.165, 1.54) is 0 Å². The van der Waals surface area contributed by atoms with Gasteiger partial charge in [-0.3, -0.25) is 9.59 Å². The molecular weight excluding hydrogens is 169 g/mol. The van der Waals surface area contributed by atoms with Crippen molar-refractivity contribution in [3.8, 4) is 0 Å². The number of esters is 2. The van der Waals surface area contributed by atoms with Crippen molar-refractivity contribution in [1.29, 1.82) is 0 Å². The molecule has 0 N–H and O–H groups in total. The number of carbonyl (C=O) groups excluding carboxylic acids is 3. The Morgan fingerprint density at radius 3 is 1.60 bits per heavy atom. The van der Waals surface area contributed by atoms with Crippen molar-refractivity contribution in [2.24, 2.45) is 0 Å². The summed E-state index contributed by atoms with van der Waals surface area (Å²) in [6.07, 6.45) is 0. The van der Waals surface area contributed by atoms with Crippen molar-refractivity contribution < 1.29 is 45.0 Å². The van der Waals surface area contributed by atoms with Crippen molar-refractivity contribution in [2.75, 3.05) is 0 Å². The van der Waals surface area contributed by atoms with E-state index in [9.17, 15) is 14.4 Å². The Labute approximate surface area is 76.7 Å². The molecule has 0 rings (SSSR count). The van der Waals surface area contributed by atoms with Crippen LogP contribution in [0.1, 0.15) is 13.8 Å². The fraction of sp³-hybridized carbons (Fsp3) is 0.400. The molecule has 0 bridgehead atoms. The topological polar surface area (TPSA) is 60.4 Å². The predicted molar refractivity (Wildman–Crippen MR) is 27.5 cm³/mol. The molecule has 0 aliphatic carbocycles. The molecule has 0 aromatic carbocycles. The molecule has 0 atom stereocenters. The average molecular weight is 175 g/mol. The first kappa shape index (κ1) is 12.4. The van der Waals surface area contributed by atoms with E-state index in [1.54, 1.807) is 0 Å². The number of rotatable bonds is 1. The summed E-state index contributed by atoms with van der Waals surface area (Å²) in [6, 6.07) is 0. The van der Waals surface area contributed by atoms with E-state index in [-0.39, 0.29) is 25.8 Å². The van der Waals surface area contributed by atoms with E-state index in [0.717, 1.165) is 13.8 Å². The van der Waals surface area contributed by atoms with Gasteiger partial charge in [-0.1, -0.05) is 0 Å². The Kier molecular flexibility index (Phi) is 6.76. The molecule has 0 aliphatic rings. The van der Waals surface area contributed by atoms with Crippen LogP contribution in [0.3, 0.4) is 0 Å². The first-order valence-electron chi connectivity index (χ1n) is 2.27. The van der Waals surface area contributed by atoms with Gasteiger partial charge in [-0.2, -0.15) is 0 Å². The molecule has 0 aromatic heterocycles. The summed E-state index contributed by atoms with van der Waals surface area (Å²) >= 11 is 0. The molecule has 0 aliphatic heterocycles. The van der Waals surface area contributed by atoms with Crippen LogP contribution in [0.2, 0.25) is 0 Å². The van der Waals surface area contributed by atoms with Gasteiger partial charge in [0.1, 0.15) is 0 Å². The molecule has 0 aromatic rings. The largest absolute Gasteiger partial charge is 0.387 e. The van der Waals surface area contributed by atoms with Crippen LogP contribution in [0.5, 0.6) is 0 Å². The van der Waals surface area contributed by atoms with Crippen LogP contribution in [-0.2, 0) is 45.0 Å². The van der Waals surface area contributed by atoms with Crippen LogP contribution in [-0.4, -0.2) is 17.7 Å².